The zero-order valence-electron chi connectivity index (χ0n) is 14.4. The number of nitrogens with zero attached hydrogens (tertiary/aromatic N) is 3. The Kier molecular flexibility index (Phi) is 5.41. The smallest absolute Gasteiger partial charge is 0.321 e. The van der Waals surface area contributed by atoms with E-state index in [1.807, 2.05) is 32.3 Å². The number of aromatic nitrogens is 3. The molecule has 2 amide bonds. The molecule has 0 radical (unpaired) electrons. The number of urea groups is 1. The van der Waals surface area contributed by atoms with Gasteiger partial charge in [-0.25, -0.2) is 9.78 Å². The molecule has 2 aromatic heterocycles. The van der Waals surface area contributed by atoms with E-state index in [0.717, 1.165) is 23.5 Å². The number of carbonyl (C=O) groups is 1. The van der Waals surface area contributed by atoms with Crippen LogP contribution in [0.25, 0.3) is 0 Å². The molecular weight excluding hydrogens is 310 g/mol. The van der Waals surface area contributed by atoms with Gasteiger partial charge in [-0.1, -0.05) is 20.8 Å². The third-order valence-corrected chi connectivity index (χ3v) is 4.83. The quantitative estimate of drug-likeness (QED) is 0.848. The molecule has 0 saturated carbocycles. The average molecular weight is 335 g/mol. The molecule has 0 aliphatic heterocycles. The molecule has 0 saturated heterocycles. The Labute approximate surface area is 141 Å². The minimum absolute atomic E-state index is 0.247. The number of amides is 2. The number of hydrogen-bond donors (Lipinski definition) is 2. The molecule has 6 nitrogen and oxygen atoms in total. The first kappa shape index (κ1) is 17.5. The topological polar surface area (TPSA) is 71.8 Å². The lowest BCUT2D eigenvalue weighted by Gasteiger charge is -2.27. The van der Waals surface area contributed by atoms with E-state index in [4.69, 9.17) is 0 Å². The third-order valence-electron chi connectivity index (χ3n) is 3.79. The SMILES string of the molecule is CC[C@](C)(NC(=O)Nc1cc(CC(C)C)nn1C)c1nccs1. The van der Waals surface area contributed by atoms with E-state index in [0.29, 0.717) is 11.7 Å². The summed E-state index contributed by atoms with van der Waals surface area (Å²) in [5, 5.41) is 13.2. The minimum Gasteiger partial charge on any atom is -0.326 e. The molecule has 2 aromatic rings. The van der Waals surface area contributed by atoms with Gasteiger partial charge in [0, 0.05) is 24.7 Å². The number of thiazole rings is 1. The lowest BCUT2D eigenvalue weighted by Crippen LogP contribution is -2.45. The summed E-state index contributed by atoms with van der Waals surface area (Å²) in [7, 11) is 1.83. The lowest BCUT2D eigenvalue weighted by atomic mass is 10.0. The van der Waals surface area contributed by atoms with Crippen LogP contribution >= 0.6 is 11.3 Å². The highest BCUT2D eigenvalue weighted by Crippen LogP contribution is 2.26. The maximum atomic E-state index is 12.4. The van der Waals surface area contributed by atoms with Crippen molar-refractivity contribution in [1.82, 2.24) is 20.1 Å². The molecule has 2 rings (SSSR count). The second kappa shape index (κ2) is 7.12. The van der Waals surface area contributed by atoms with Crippen molar-refractivity contribution >= 4 is 23.2 Å². The van der Waals surface area contributed by atoms with Gasteiger partial charge < -0.3 is 5.32 Å². The van der Waals surface area contributed by atoms with Gasteiger partial charge in [-0.05, 0) is 25.7 Å². The summed E-state index contributed by atoms with van der Waals surface area (Å²) in [6, 6.07) is 1.68. The summed E-state index contributed by atoms with van der Waals surface area (Å²) >= 11 is 1.55. The summed E-state index contributed by atoms with van der Waals surface area (Å²) < 4.78 is 1.70. The van der Waals surface area contributed by atoms with Crippen LogP contribution in [0.5, 0.6) is 0 Å². The minimum atomic E-state index is -0.475. The van der Waals surface area contributed by atoms with E-state index in [-0.39, 0.29) is 6.03 Å². The van der Waals surface area contributed by atoms with Gasteiger partial charge in [0.15, 0.2) is 0 Å². The predicted octanol–water partition coefficient (Wildman–Crippen LogP) is 3.52. The fourth-order valence-electron chi connectivity index (χ4n) is 2.35. The summed E-state index contributed by atoms with van der Waals surface area (Å²) in [4.78, 5) is 16.7. The lowest BCUT2D eigenvalue weighted by molar-refractivity contribution is 0.237. The van der Waals surface area contributed by atoms with Gasteiger partial charge in [-0.3, -0.25) is 10.00 Å². The first-order valence-electron chi connectivity index (χ1n) is 7.86. The number of nitrogens with one attached hydrogen (secondary N) is 2. The first-order chi connectivity index (χ1) is 10.8. The van der Waals surface area contributed by atoms with Gasteiger partial charge in [0.05, 0.1) is 11.2 Å². The molecule has 7 heteroatoms. The molecule has 2 heterocycles. The van der Waals surface area contributed by atoms with Gasteiger partial charge in [-0.15, -0.1) is 11.3 Å². The number of hydrogen-bond acceptors (Lipinski definition) is 4. The maximum Gasteiger partial charge on any atom is 0.321 e. The molecule has 1 atom stereocenters. The van der Waals surface area contributed by atoms with Crippen molar-refractivity contribution in [3.05, 3.63) is 28.3 Å². The van der Waals surface area contributed by atoms with Crippen LogP contribution in [0.2, 0.25) is 0 Å². The first-order valence-corrected chi connectivity index (χ1v) is 8.74. The Morgan fingerprint density at radius 1 is 1.48 bits per heavy atom. The van der Waals surface area contributed by atoms with Crippen molar-refractivity contribution in [1.29, 1.82) is 0 Å². The van der Waals surface area contributed by atoms with E-state index < -0.39 is 5.54 Å². The van der Waals surface area contributed by atoms with Crippen molar-refractivity contribution in [2.45, 2.75) is 46.1 Å². The van der Waals surface area contributed by atoms with Crippen LogP contribution in [0.3, 0.4) is 0 Å². The van der Waals surface area contributed by atoms with Crippen molar-refractivity contribution in [2.24, 2.45) is 13.0 Å². The fraction of sp³-hybridized carbons (Fsp3) is 0.562. The zero-order chi connectivity index (χ0) is 17.0. The van der Waals surface area contributed by atoms with Gasteiger partial charge in [0.2, 0.25) is 0 Å². The Hall–Kier alpha value is -1.89. The highest BCUT2D eigenvalue weighted by Gasteiger charge is 2.29. The maximum absolute atomic E-state index is 12.4. The average Bonchev–Trinajstić information content (AvgIpc) is 3.09. The Morgan fingerprint density at radius 2 is 2.22 bits per heavy atom. The summed E-state index contributed by atoms with van der Waals surface area (Å²) in [5.74, 6) is 1.22. The molecule has 0 fully saturated rings. The molecule has 23 heavy (non-hydrogen) atoms. The van der Waals surface area contributed by atoms with Crippen molar-refractivity contribution in [3.8, 4) is 0 Å². The van der Waals surface area contributed by atoms with E-state index in [1.54, 1.807) is 22.2 Å². The number of rotatable bonds is 6. The Bertz CT molecular complexity index is 649. The summed E-state index contributed by atoms with van der Waals surface area (Å²) in [5.41, 5.74) is 0.508. The van der Waals surface area contributed by atoms with Gasteiger partial charge in [-0.2, -0.15) is 5.10 Å². The zero-order valence-corrected chi connectivity index (χ0v) is 15.2. The second-order valence-corrected chi connectivity index (χ2v) is 7.24. The van der Waals surface area contributed by atoms with Crippen molar-refractivity contribution in [2.75, 3.05) is 5.32 Å². The van der Waals surface area contributed by atoms with Crippen LogP contribution in [0.1, 0.15) is 44.8 Å². The number of anilines is 1. The highest BCUT2D eigenvalue weighted by molar-refractivity contribution is 7.09. The van der Waals surface area contributed by atoms with E-state index in [1.165, 1.54) is 0 Å². The van der Waals surface area contributed by atoms with Crippen LogP contribution < -0.4 is 10.6 Å². The molecule has 0 aliphatic rings. The molecular formula is C16H25N5OS. The van der Waals surface area contributed by atoms with Crippen molar-refractivity contribution < 1.29 is 4.79 Å². The summed E-state index contributed by atoms with van der Waals surface area (Å²) in [6.07, 6.45) is 3.41. The number of aryl methyl sites for hydroxylation is 1. The number of carbonyl (C=O) groups excluding carboxylic acids is 1. The normalized spacial score (nSPS) is 13.8. The van der Waals surface area contributed by atoms with Crippen LogP contribution in [0, 0.1) is 5.92 Å². The van der Waals surface area contributed by atoms with Crippen LogP contribution in [0.4, 0.5) is 10.6 Å². The Balaban J connectivity index is 2.06. The predicted molar refractivity (Wildman–Crippen MR) is 93.7 cm³/mol. The molecule has 0 unspecified atom stereocenters. The van der Waals surface area contributed by atoms with Gasteiger partial charge >= 0.3 is 6.03 Å². The summed E-state index contributed by atoms with van der Waals surface area (Å²) in [6.45, 7) is 8.32. The largest absolute Gasteiger partial charge is 0.326 e. The molecule has 0 bridgehead atoms. The second-order valence-electron chi connectivity index (χ2n) is 6.34. The van der Waals surface area contributed by atoms with E-state index in [2.05, 4.69) is 34.6 Å². The Morgan fingerprint density at radius 3 is 2.78 bits per heavy atom. The fourth-order valence-corrected chi connectivity index (χ4v) is 3.18. The molecule has 0 spiro atoms. The van der Waals surface area contributed by atoms with Crippen LogP contribution in [-0.4, -0.2) is 20.8 Å². The highest BCUT2D eigenvalue weighted by atomic mass is 32.1. The standard InChI is InChI=1S/C16H25N5OS/c1-6-16(4,14-17-7-8-23-14)19-15(22)18-13-10-12(9-11(2)3)20-21(13)5/h7-8,10-11H,6,9H2,1-5H3,(H2,18,19,22)/t16-/m0/s1. The van der Waals surface area contributed by atoms with Gasteiger partial charge in [0.1, 0.15) is 10.8 Å². The van der Waals surface area contributed by atoms with Gasteiger partial charge in [0.25, 0.3) is 0 Å². The molecule has 0 aliphatic carbocycles. The third kappa shape index (κ3) is 4.31. The van der Waals surface area contributed by atoms with E-state index >= 15 is 0 Å². The monoisotopic (exact) mass is 335 g/mol. The molecule has 2 N–H and O–H groups in total. The molecule has 0 aromatic carbocycles. The molecule has 126 valence electrons. The van der Waals surface area contributed by atoms with E-state index in [9.17, 15) is 4.79 Å². The van der Waals surface area contributed by atoms with Crippen LogP contribution in [0.15, 0.2) is 17.6 Å². The van der Waals surface area contributed by atoms with Crippen LogP contribution in [-0.2, 0) is 19.0 Å². The van der Waals surface area contributed by atoms with Crippen molar-refractivity contribution in [3.63, 3.8) is 0 Å².